The van der Waals surface area contributed by atoms with Crippen molar-refractivity contribution in [2.75, 3.05) is 19.8 Å². The van der Waals surface area contributed by atoms with Crippen LogP contribution < -0.4 is 5.73 Å². The van der Waals surface area contributed by atoms with E-state index in [0.29, 0.717) is 19.3 Å². The van der Waals surface area contributed by atoms with Gasteiger partial charge in [0.2, 0.25) is 0 Å². The van der Waals surface area contributed by atoms with Gasteiger partial charge in [0.05, 0.1) is 31.5 Å². The molecule has 0 amide bonds. The lowest BCUT2D eigenvalue weighted by atomic mass is 9.87. The normalized spacial score (nSPS) is 19.7. The molecule has 1 fully saturated rings. The first-order chi connectivity index (χ1) is 31.7. The standard InChI is InChI=1S/C50H92NO14P/c1-3-5-7-8-9-10-11-12-13-14-15-16-17-18-19-20-21-22-23-24-26-31-48(56)62-37-42(38-63-66(60,61)64-39-45(51)50(58)59)65-49(57)32-28-27-30-41(53)35-44-43(46(54)36-47(44)55)34-33-40(52)29-25-6-4-2/h33-34,40,42-47,52,54-55H,3-32,35-39,51H2,1-2H3,(H,58,59)(H,60,61)/b34-33+/t40-,42+,43+,44+,45-,46+,47-/m0/s1. The van der Waals surface area contributed by atoms with Crippen molar-refractivity contribution in [1.82, 2.24) is 0 Å². The van der Waals surface area contributed by atoms with Crippen molar-refractivity contribution in [3.05, 3.63) is 12.2 Å². The summed E-state index contributed by atoms with van der Waals surface area (Å²) in [7, 11) is -4.82. The number of aliphatic hydroxyl groups excluding tert-OH is 3. The summed E-state index contributed by atoms with van der Waals surface area (Å²) in [4.78, 5) is 59.3. The van der Waals surface area contributed by atoms with Gasteiger partial charge in [-0.05, 0) is 25.7 Å². The van der Waals surface area contributed by atoms with E-state index in [9.17, 15) is 44.0 Å². The van der Waals surface area contributed by atoms with E-state index in [1.807, 2.05) is 0 Å². The fourth-order valence-electron chi connectivity index (χ4n) is 8.36. The molecule has 15 nitrogen and oxygen atoms in total. The van der Waals surface area contributed by atoms with Crippen LogP contribution in [-0.2, 0) is 42.3 Å². The quantitative estimate of drug-likeness (QED) is 0.0144. The summed E-state index contributed by atoms with van der Waals surface area (Å²) >= 11 is 0. The molecule has 0 bridgehead atoms. The van der Waals surface area contributed by atoms with Gasteiger partial charge in [0, 0.05) is 43.9 Å². The van der Waals surface area contributed by atoms with Crippen LogP contribution in [0.1, 0.15) is 219 Å². The Morgan fingerprint density at radius 1 is 0.636 bits per heavy atom. The van der Waals surface area contributed by atoms with Crippen LogP contribution in [0.4, 0.5) is 0 Å². The van der Waals surface area contributed by atoms with E-state index in [0.717, 1.165) is 38.5 Å². The number of carboxylic acid groups (broad SMARTS) is 1. The maximum atomic E-state index is 12.9. The number of hydrogen-bond donors (Lipinski definition) is 6. The Kier molecular flexibility index (Phi) is 37.1. The van der Waals surface area contributed by atoms with Crippen LogP contribution in [0.5, 0.6) is 0 Å². The lowest BCUT2D eigenvalue weighted by Crippen LogP contribution is -2.34. The summed E-state index contributed by atoms with van der Waals surface area (Å²) < 4.78 is 32.7. The monoisotopic (exact) mass is 962 g/mol. The third-order valence-corrected chi connectivity index (χ3v) is 13.4. The molecule has 0 heterocycles. The third-order valence-electron chi connectivity index (χ3n) is 12.5. The van der Waals surface area contributed by atoms with Crippen molar-refractivity contribution in [2.45, 2.75) is 250 Å². The summed E-state index contributed by atoms with van der Waals surface area (Å²) in [6, 6.07) is -1.58. The first kappa shape index (κ1) is 61.8. The Bertz CT molecular complexity index is 1350. The Labute approximate surface area is 397 Å². The number of carbonyl (C=O) groups is 4. The highest BCUT2D eigenvalue weighted by Crippen LogP contribution is 2.43. The van der Waals surface area contributed by atoms with Crippen molar-refractivity contribution < 1.29 is 67.6 Å². The van der Waals surface area contributed by atoms with Crippen molar-refractivity contribution >= 4 is 31.5 Å². The molecule has 1 unspecified atom stereocenters. The molecule has 0 spiro atoms. The molecule has 1 rings (SSSR count). The van der Waals surface area contributed by atoms with Crippen molar-refractivity contribution in [3.63, 3.8) is 0 Å². The summed E-state index contributed by atoms with van der Waals surface area (Å²) in [6.45, 7) is 2.36. The number of nitrogens with two attached hydrogens (primary N) is 1. The van der Waals surface area contributed by atoms with E-state index >= 15 is 0 Å². The van der Waals surface area contributed by atoms with Gasteiger partial charge >= 0.3 is 25.7 Å². The second kappa shape index (κ2) is 39.6. The van der Waals surface area contributed by atoms with Crippen LogP contribution in [0.25, 0.3) is 0 Å². The van der Waals surface area contributed by atoms with Crippen LogP contribution in [0.3, 0.4) is 0 Å². The Hall–Kier alpha value is -2.23. The zero-order chi connectivity index (χ0) is 48.8. The van der Waals surface area contributed by atoms with Crippen LogP contribution >= 0.6 is 7.82 Å². The van der Waals surface area contributed by atoms with E-state index in [4.69, 9.17) is 24.8 Å². The van der Waals surface area contributed by atoms with Crippen LogP contribution in [-0.4, -0.2) is 99.3 Å². The second-order valence-corrected chi connectivity index (χ2v) is 20.1. The van der Waals surface area contributed by atoms with Gasteiger partial charge < -0.3 is 40.5 Å². The number of hydrogen-bond acceptors (Lipinski definition) is 13. The molecule has 0 aromatic heterocycles. The van der Waals surface area contributed by atoms with Crippen LogP contribution in [0.15, 0.2) is 12.2 Å². The van der Waals surface area contributed by atoms with E-state index in [2.05, 4.69) is 18.4 Å². The summed E-state index contributed by atoms with van der Waals surface area (Å²) in [5, 5.41) is 40.3. The Morgan fingerprint density at radius 2 is 1.09 bits per heavy atom. The van der Waals surface area contributed by atoms with Crippen LogP contribution in [0.2, 0.25) is 0 Å². The van der Waals surface area contributed by atoms with Crippen LogP contribution in [0, 0.1) is 11.8 Å². The fraction of sp³-hybridized carbons (Fsp3) is 0.880. The summed E-state index contributed by atoms with van der Waals surface area (Å²) in [6.07, 6.45) is 30.5. The fourth-order valence-corrected chi connectivity index (χ4v) is 9.14. The highest BCUT2D eigenvalue weighted by Gasteiger charge is 2.41. The molecule has 7 N–H and O–H groups in total. The second-order valence-electron chi connectivity index (χ2n) is 18.6. The number of carboxylic acids is 1. The third kappa shape index (κ3) is 33.3. The van der Waals surface area contributed by atoms with Crippen molar-refractivity contribution in [3.8, 4) is 0 Å². The number of ketones is 1. The average Bonchev–Trinajstić information content (AvgIpc) is 3.54. The molecule has 0 aliphatic heterocycles. The van der Waals surface area contributed by atoms with Gasteiger partial charge in [0.1, 0.15) is 18.4 Å². The highest BCUT2D eigenvalue weighted by molar-refractivity contribution is 7.47. The summed E-state index contributed by atoms with van der Waals surface area (Å²) in [5.74, 6) is -3.81. The number of phosphoric ester groups is 1. The average molecular weight is 962 g/mol. The van der Waals surface area contributed by atoms with E-state index < -0.39 is 87.8 Å². The maximum absolute atomic E-state index is 12.9. The Morgan fingerprint density at radius 3 is 1.62 bits per heavy atom. The number of rotatable bonds is 45. The molecular weight excluding hydrogens is 870 g/mol. The molecule has 8 atom stereocenters. The van der Waals surface area contributed by atoms with Gasteiger partial charge in [-0.25, -0.2) is 4.57 Å². The number of phosphoric acid groups is 1. The number of aliphatic carboxylic acids is 1. The lowest BCUT2D eigenvalue weighted by molar-refractivity contribution is -0.161. The molecule has 16 heteroatoms. The topological polar surface area (TPSA) is 249 Å². The highest BCUT2D eigenvalue weighted by atomic mass is 31.2. The minimum Gasteiger partial charge on any atom is -0.480 e. The number of Topliss-reactive ketones (excluding diaryl/α,β-unsaturated/α-hetero) is 1. The van der Waals surface area contributed by atoms with Gasteiger partial charge in [0.15, 0.2) is 6.10 Å². The molecule has 0 radical (unpaired) electrons. The van der Waals surface area contributed by atoms with Gasteiger partial charge in [0.25, 0.3) is 0 Å². The first-order valence-corrected chi connectivity index (χ1v) is 27.4. The van der Waals surface area contributed by atoms with E-state index in [1.165, 1.54) is 109 Å². The van der Waals surface area contributed by atoms with E-state index in [1.54, 1.807) is 12.2 Å². The molecule has 1 aliphatic rings. The van der Waals surface area contributed by atoms with Crippen molar-refractivity contribution in [1.29, 1.82) is 0 Å². The molecule has 66 heavy (non-hydrogen) atoms. The number of ether oxygens (including phenoxy) is 2. The minimum atomic E-state index is -4.82. The van der Waals surface area contributed by atoms with Gasteiger partial charge in [-0.3, -0.25) is 28.2 Å². The minimum absolute atomic E-state index is 0.0363. The number of unbranched alkanes of at least 4 members (excludes halogenated alkanes) is 23. The zero-order valence-corrected chi connectivity index (χ0v) is 41.8. The molecule has 0 aromatic carbocycles. The van der Waals surface area contributed by atoms with Gasteiger partial charge in [-0.15, -0.1) is 0 Å². The molecule has 1 aliphatic carbocycles. The molecule has 1 saturated carbocycles. The smallest absolute Gasteiger partial charge is 0.472 e. The summed E-state index contributed by atoms with van der Waals surface area (Å²) in [5.41, 5.74) is 5.34. The number of aliphatic hydroxyl groups is 3. The lowest BCUT2D eigenvalue weighted by Gasteiger charge is -2.21. The molecule has 0 saturated heterocycles. The van der Waals surface area contributed by atoms with Gasteiger partial charge in [-0.2, -0.15) is 0 Å². The largest absolute Gasteiger partial charge is 0.480 e. The Balaban J connectivity index is 2.40. The predicted molar refractivity (Wildman–Crippen MR) is 256 cm³/mol. The number of carbonyl (C=O) groups excluding carboxylic acids is 3. The van der Waals surface area contributed by atoms with Crippen molar-refractivity contribution in [2.24, 2.45) is 17.6 Å². The molecule has 0 aromatic rings. The van der Waals surface area contributed by atoms with E-state index in [-0.39, 0.29) is 44.3 Å². The predicted octanol–water partition coefficient (Wildman–Crippen LogP) is 9.96. The number of esters is 2. The van der Waals surface area contributed by atoms with Gasteiger partial charge in [-0.1, -0.05) is 174 Å². The first-order valence-electron chi connectivity index (χ1n) is 25.9. The zero-order valence-electron chi connectivity index (χ0n) is 40.9. The molecule has 386 valence electrons. The SMILES string of the molecule is CCCCCCCCCCCCCCCCCCCCCCCC(=O)OC[C@H](COP(=O)(O)OC[C@H](N)C(=O)O)OC(=O)CCCCC(=O)C[C@@H]1[C@@H](/C=C/[C@@H](O)CCCCC)[C@H](O)C[C@@H]1O. The molecular formula is C50H92NO14P. The maximum Gasteiger partial charge on any atom is 0.472 e.